The maximum absolute atomic E-state index is 12.2. The van der Waals surface area contributed by atoms with Gasteiger partial charge in [0.1, 0.15) is 18.0 Å². The fourth-order valence-electron chi connectivity index (χ4n) is 2.93. The molecule has 154 valence electrons. The van der Waals surface area contributed by atoms with Crippen LogP contribution in [0.1, 0.15) is 5.76 Å². The number of carbonyl (C=O) groups is 1. The lowest BCUT2D eigenvalue weighted by atomic mass is 10.1. The molecule has 1 aromatic carbocycles. The molecule has 0 atom stereocenters. The molecule has 3 aromatic heterocycles. The van der Waals surface area contributed by atoms with Gasteiger partial charge in [-0.15, -0.1) is 0 Å². The summed E-state index contributed by atoms with van der Waals surface area (Å²) in [5.41, 5.74) is 3.29. The molecule has 2 N–H and O–H groups in total. The fraction of sp³-hybridized carbons (Fsp3) is 0.150. The van der Waals surface area contributed by atoms with Gasteiger partial charge in [0.25, 0.3) is 0 Å². The zero-order valence-electron chi connectivity index (χ0n) is 15.7. The Bertz CT molecular complexity index is 1210. The number of fused-ring (bicyclic) bond motifs is 1. The number of urea groups is 1. The molecule has 10 heteroatoms. The van der Waals surface area contributed by atoms with Crippen molar-refractivity contribution in [2.24, 2.45) is 0 Å². The summed E-state index contributed by atoms with van der Waals surface area (Å²) in [6.07, 6.45) is 0.656. The Labute approximate surface area is 168 Å². The summed E-state index contributed by atoms with van der Waals surface area (Å²) in [4.78, 5) is 20.3. The minimum atomic E-state index is -4.47. The quantitative estimate of drug-likeness (QED) is 0.508. The van der Waals surface area contributed by atoms with Gasteiger partial charge in [0.15, 0.2) is 0 Å². The van der Waals surface area contributed by atoms with Gasteiger partial charge in [-0.2, -0.15) is 13.2 Å². The summed E-state index contributed by atoms with van der Waals surface area (Å²) in [5.74, 6) is 1.20. The number of anilines is 1. The molecule has 0 fully saturated rings. The number of nitrogens with zero attached hydrogens (tertiary/aromatic N) is 3. The first kappa shape index (κ1) is 19.5. The van der Waals surface area contributed by atoms with Gasteiger partial charge in [0.2, 0.25) is 5.89 Å². The van der Waals surface area contributed by atoms with Crippen LogP contribution in [-0.2, 0) is 0 Å². The SMILES string of the molecule is Cc1cnc(-c2ccn3c(-c4cccc(NC(=O)NCC(F)(F)F)c4)cnc3c2)o1. The van der Waals surface area contributed by atoms with Crippen molar-refractivity contribution >= 4 is 17.4 Å². The number of hydrogen-bond acceptors (Lipinski definition) is 4. The van der Waals surface area contributed by atoms with Crippen molar-refractivity contribution in [1.29, 1.82) is 0 Å². The van der Waals surface area contributed by atoms with E-state index < -0.39 is 18.8 Å². The van der Waals surface area contributed by atoms with Gasteiger partial charge in [0.05, 0.1) is 18.1 Å². The van der Waals surface area contributed by atoms with E-state index >= 15 is 0 Å². The number of rotatable bonds is 4. The third-order valence-electron chi connectivity index (χ3n) is 4.25. The third kappa shape index (κ3) is 4.27. The molecular formula is C20H16F3N5O2. The Hall–Kier alpha value is -3.82. The normalized spacial score (nSPS) is 11.6. The van der Waals surface area contributed by atoms with Gasteiger partial charge in [-0.3, -0.25) is 4.40 Å². The largest absolute Gasteiger partial charge is 0.441 e. The average Bonchev–Trinajstić information content (AvgIpc) is 3.32. The molecule has 0 saturated carbocycles. The molecule has 0 aliphatic heterocycles. The van der Waals surface area contributed by atoms with Crippen LogP contribution in [0.2, 0.25) is 0 Å². The molecule has 3 heterocycles. The number of imidazole rings is 1. The lowest BCUT2D eigenvalue weighted by molar-refractivity contribution is -0.122. The third-order valence-corrected chi connectivity index (χ3v) is 4.25. The molecule has 2 amide bonds. The van der Waals surface area contributed by atoms with Crippen molar-refractivity contribution < 1.29 is 22.4 Å². The van der Waals surface area contributed by atoms with E-state index in [2.05, 4.69) is 15.3 Å². The zero-order valence-corrected chi connectivity index (χ0v) is 15.7. The second-order valence-corrected chi connectivity index (χ2v) is 6.57. The number of benzene rings is 1. The fourth-order valence-corrected chi connectivity index (χ4v) is 2.93. The smallest absolute Gasteiger partial charge is 0.405 e. The van der Waals surface area contributed by atoms with E-state index in [4.69, 9.17) is 4.42 Å². The second kappa shape index (κ2) is 7.54. The van der Waals surface area contributed by atoms with E-state index in [1.54, 1.807) is 35.9 Å². The van der Waals surface area contributed by atoms with Crippen LogP contribution in [0.15, 0.2) is 59.4 Å². The Morgan fingerprint density at radius 3 is 2.70 bits per heavy atom. The highest BCUT2D eigenvalue weighted by molar-refractivity contribution is 5.90. The van der Waals surface area contributed by atoms with Crippen molar-refractivity contribution in [3.8, 4) is 22.7 Å². The summed E-state index contributed by atoms with van der Waals surface area (Å²) in [6.45, 7) is 0.408. The summed E-state index contributed by atoms with van der Waals surface area (Å²) < 4.78 is 44.1. The number of aryl methyl sites for hydroxylation is 1. The highest BCUT2D eigenvalue weighted by Crippen LogP contribution is 2.26. The average molecular weight is 415 g/mol. The first-order chi connectivity index (χ1) is 14.3. The van der Waals surface area contributed by atoms with Crippen LogP contribution in [0.3, 0.4) is 0 Å². The van der Waals surface area contributed by atoms with Crippen molar-refractivity contribution in [2.75, 3.05) is 11.9 Å². The highest BCUT2D eigenvalue weighted by Gasteiger charge is 2.27. The van der Waals surface area contributed by atoms with Crippen LogP contribution < -0.4 is 10.6 Å². The lowest BCUT2D eigenvalue weighted by Gasteiger charge is -2.10. The minimum Gasteiger partial charge on any atom is -0.441 e. The van der Waals surface area contributed by atoms with E-state index in [-0.39, 0.29) is 0 Å². The van der Waals surface area contributed by atoms with Crippen LogP contribution in [0.5, 0.6) is 0 Å². The molecule has 0 unspecified atom stereocenters. The first-order valence-corrected chi connectivity index (χ1v) is 8.90. The monoisotopic (exact) mass is 415 g/mol. The van der Waals surface area contributed by atoms with Crippen LogP contribution in [0.25, 0.3) is 28.4 Å². The van der Waals surface area contributed by atoms with E-state index in [1.807, 2.05) is 35.7 Å². The van der Waals surface area contributed by atoms with Crippen molar-refractivity contribution in [3.05, 3.63) is 60.7 Å². The van der Waals surface area contributed by atoms with Gasteiger partial charge in [0, 0.05) is 23.0 Å². The summed E-state index contributed by atoms with van der Waals surface area (Å²) in [7, 11) is 0. The Morgan fingerprint density at radius 1 is 1.13 bits per heavy atom. The highest BCUT2D eigenvalue weighted by atomic mass is 19.4. The van der Waals surface area contributed by atoms with Crippen LogP contribution >= 0.6 is 0 Å². The van der Waals surface area contributed by atoms with Crippen LogP contribution in [0, 0.1) is 6.92 Å². The number of nitrogens with one attached hydrogen (secondary N) is 2. The van der Waals surface area contributed by atoms with Crippen molar-refractivity contribution in [1.82, 2.24) is 19.7 Å². The van der Waals surface area contributed by atoms with Gasteiger partial charge >= 0.3 is 12.2 Å². The number of hydrogen-bond donors (Lipinski definition) is 2. The minimum absolute atomic E-state index is 0.356. The van der Waals surface area contributed by atoms with Crippen molar-refractivity contribution in [3.63, 3.8) is 0 Å². The molecule has 4 aromatic rings. The summed E-state index contributed by atoms with van der Waals surface area (Å²) >= 11 is 0. The van der Waals surface area contributed by atoms with Crippen LogP contribution in [0.4, 0.5) is 23.7 Å². The van der Waals surface area contributed by atoms with E-state index in [0.717, 1.165) is 16.8 Å². The van der Waals surface area contributed by atoms with Gasteiger partial charge < -0.3 is 15.1 Å². The molecule has 4 rings (SSSR count). The molecule has 0 spiro atoms. The maximum Gasteiger partial charge on any atom is 0.405 e. The second-order valence-electron chi connectivity index (χ2n) is 6.57. The molecule has 0 bridgehead atoms. The molecule has 0 radical (unpaired) electrons. The van der Waals surface area contributed by atoms with Crippen molar-refractivity contribution in [2.45, 2.75) is 13.1 Å². The number of aromatic nitrogens is 3. The number of oxazole rings is 1. The van der Waals surface area contributed by atoms with E-state index in [9.17, 15) is 18.0 Å². The van der Waals surface area contributed by atoms with Gasteiger partial charge in [-0.25, -0.2) is 14.8 Å². The molecule has 7 nitrogen and oxygen atoms in total. The summed E-state index contributed by atoms with van der Waals surface area (Å²) in [5, 5.41) is 4.17. The zero-order chi connectivity index (χ0) is 21.3. The Balaban J connectivity index is 1.57. The Morgan fingerprint density at radius 2 is 1.97 bits per heavy atom. The molecule has 30 heavy (non-hydrogen) atoms. The first-order valence-electron chi connectivity index (χ1n) is 8.90. The number of halogens is 3. The topological polar surface area (TPSA) is 84.5 Å². The molecule has 0 saturated heterocycles. The standard InChI is InChI=1S/C20H16F3N5O2/c1-12-9-25-18(30-12)14-5-6-28-16(10-24-17(28)8-14)13-3-2-4-15(7-13)27-19(29)26-11-20(21,22)23/h2-10H,11H2,1H3,(H2,26,27,29). The molecule has 0 aliphatic carbocycles. The molecular weight excluding hydrogens is 399 g/mol. The number of amides is 2. The van der Waals surface area contributed by atoms with E-state index in [0.29, 0.717) is 23.0 Å². The van der Waals surface area contributed by atoms with E-state index in [1.165, 1.54) is 0 Å². The number of pyridine rings is 1. The Kier molecular flexibility index (Phi) is 4.90. The number of alkyl halides is 3. The summed E-state index contributed by atoms with van der Waals surface area (Å²) in [6, 6.07) is 9.49. The maximum atomic E-state index is 12.2. The lowest BCUT2D eigenvalue weighted by Crippen LogP contribution is -2.36. The predicted octanol–water partition coefficient (Wildman–Crippen LogP) is 4.65. The van der Waals surface area contributed by atoms with Gasteiger partial charge in [-0.05, 0) is 31.2 Å². The number of carbonyl (C=O) groups excluding carboxylic acids is 1. The molecule has 0 aliphatic rings. The van der Waals surface area contributed by atoms with Crippen LogP contribution in [-0.4, -0.2) is 33.1 Å². The predicted molar refractivity (Wildman–Crippen MR) is 104 cm³/mol. The van der Waals surface area contributed by atoms with Gasteiger partial charge in [-0.1, -0.05) is 12.1 Å².